The third kappa shape index (κ3) is 3.40. The topological polar surface area (TPSA) is 114 Å². The zero-order valence-corrected chi connectivity index (χ0v) is 14.3. The fourth-order valence-corrected chi connectivity index (χ4v) is 3.39. The highest BCUT2D eigenvalue weighted by molar-refractivity contribution is 6.44. The van der Waals surface area contributed by atoms with Crippen molar-refractivity contribution in [1.82, 2.24) is 14.9 Å². The molecule has 4 N–H and O–H groups in total. The molecule has 136 valence electrons. The summed E-state index contributed by atoms with van der Waals surface area (Å²) >= 11 is 0. The SMILES string of the molecule is NC(C(=O)N1CCC(Oc2ccc3c(c2)OB(O)CC3)C1)c1cnc[nH]1. The second kappa shape index (κ2) is 7.01. The quantitative estimate of drug-likeness (QED) is 0.688. The molecule has 8 nitrogen and oxygen atoms in total. The van der Waals surface area contributed by atoms with Crippen LogP contribution in [0.1, 0.15) is 23.7 Å². The van der Waals surface area contributed by atoms with Gasteiger partial charge in [-0.05, 0) is 24.4 Å². The van der Waals surface area contributed by atoms with Crippen molar-refractivity contribution < 1.29 is 19.2 Å². The van der Waals surface area contributed by atoms with Gasteiger partial charge in [-0.25, -0.2) is 4.98 Å². The first kappa shape index (κ1) is 16.9. The van der Waals surface area contributed by atoms with Crippen LogP contribution in [0.4, 0.5) is 0 Å². The van der Waals surface area contributed by atoms with Crippen LogP contribution in [0.5, 0.6) is 11.5 Å². The Morgan fingerprint density at radius 3 is 3.23 bits per heavy atom. The maximum atomic E-state index is 12.5. The first-order chi connectivity index (χ1) is 12.6. The molecular formula is C17H21BN4O4. The number of carbonyl (C=O) groups excluding carboxylic acids is 1. The number of imidazole rings is 1. The molecule has 0 aliphatic carbocycles. The summed E-state index contributed by atoms with van der Waals surface area (Å²) in [4.78, 5) is 21.0. The van der Waals surface area contributed by atoms with Gasteiger partial charge in [-0.3, -0.25) is 4.79 Å². The van der Waals surface area contributed by atoms with E-state index in [1.165, 1.54) is 6.33 Å². The summed E-state index contributed by atoms with van der Waals surface area (Å²) in [5.74, 6) is 1.20. The Morgan fingerprint density at radius 1 is 1.54 bits per heavy atom. The zero-order chi connectivity index (χ0) is 18.1. The van der Waals surface area contributed by atoms with Gasteiger partial charge in [0.05, 0.1) is 24.8 Å². The molecule has 9 heteroatoms. The van der Waals surface area contributed by atoms with Crippen LogP contribution in [-0.2, 0) is 11.2 Å². The van der Waals surface area contributed by atoms with Crippen molar-refractivity contribution >= 4 is 13.0 Å². The molecule has 3 heterocycles. The molecule has 26 heavy (non-hydrogen) atoms. The summed E-state index contributed by atoms with van der Waals surface area (Å²) in [6.45, 7) is 1.09. The smallest absolute Gasteiger partial charge is 0.522 e. The normalized spacial score (nSPS) is 20.5. The average molecular weight is 356 g/mol. The Labute approximate surface area is 151 Å². The van der Waals surface area contributed by atoms with Gasteiger partial charge in [-0.15, -0.1) is 0 Å². The van der Waals surface area contributed by atoms with Crippen LogP contribution in [-0.4, -0.2) is 52.1 Å². The molecule has 2 aliphatic heterocycles. The molecule has 0 radical (unpaired) electrons. The lowest BCUT2D eigenvalue weighted by molar-refractivity contribution is -0.132. The van der Waals surface area contributed by atoms with Crippen molar-refractivity contribution in [2.45, 2.75) is 31.3 Å². The molecule has 2 atom stereocenters. The van der Waals surface area contributed by atoms with E-state index in [1.807, 2.05) is 12.1 Å². The monoisotopic (exact) mass is 356 g/mol. The fourth-order valence-electron chi connectivity index (χ4n) is 3.39. The summed E-state index contributed by atoms with van der Waals surface area (Å²) in [7, 11) is -0.763. The summed E-state index contributed by atoms with van der Waals surface area (Å²) in [5, 5.41) is 9.63. The van der Waals surface area contributed by atoms with E-state index in [0.717, 1.165) is 18.4 Å². The number of nitrogens with two attached hydrogens (primary N) is 1. The molecular weight excluding hydrogens is 335 g/mol. The minimum Gasteiger partial charge on any atom is -0.536 e. The number of H-pyrrole nitrogens is 1. The van der Waals surface area contributed by atoms with E-state index >= 15 is 0 Å². The molecule has 1 fully saturated rings. The van der Waals surface area contributed by atoms with Gasteiger partial charge in [0.15, 0.2) is 0 Å². The Bertz CT molecular complexity index is 785. The number of ether oxygens (including phenoxy) is 1. The third-order valence-electron chi connectivity index (χ3n) is 4.84. The highest BCUT2D eigenvalue weighted by atomic mass is 16.5. The van der Waals surface area contributed by atoms with Crippen LogP contribution in [0.3, 0.4) is 0 Å². The number of likely N-dealkylation sites (tertiary alicyclic amines) is 1. The largest absolute Gasteiger partial charge is 0.536 e. The Kier molecular flexibility index (Phi) is 4.56. The third-order valence-corrected chi connectivity index (χ3v) is 4.84. The fraction of sp³-hybridized carbons (Fsp3) is 0.412. The van der Waals surface area contributed by atoms with Crippen LogP contribution in [0.15, 0.2) is 30.7 Å². The van der Waals surface area contributed by atoms with Crippen LogP contribution >= 0.6 is 0 Å². The number of nitrogens with zero attached hydrogens (tertiary/aromatic N) is 2. The highest BCUT2D eigenvalue weighted by Crippen LogP contribution is 2.31. The van der Waals surface area contributed by atoms with E-state index in [2.05, 4.69) is 9.97 Å². The Balaban J connectivity index is 1.37. The summed E-state index contributed by atoms with van der Waals surface area (Å²) in [6, 6.07) is 4.93. The van der Waals surface area contributed by atoms with Crippen molar-refractivity contribution in [3.63, 3.8) is 0 Å². The van der Waals surface area contributed by atoms with Crippen LogP contribution in [0.25, 0.3) is 0 Å². The number of hydrogen-bond acceptors (Lipinski definition) is 6. The van der Waals surface area contributed by atoms with E-state index in [1.54, 1.807) is 17.2 Å². The number of aromatic nitrogens is 2. The van der Waals surface area contributed by atoms with Gasteiger partial charge in [0.25, 0.3) is 0 Å². The number of aromatic amines is 1. The lowest BCUT2D eigenvalue weighted by Crippen LogP contribution is -2.38. The van der Waals surface area contributed by atoms with Crippen LogP contribution < -0.4 is 15.1 Å². The summed E-state index contributed by atoms with van der Waals surface area (Å²) in [6.07, 6.45) is 5.10. The van der Waals surface area contributed by atoms with E-state index in [-0.39, 0.29) is 12.0 Å². The molecule has 0 saturated carbocycles. The maximum absolute atomic E-state index is 12.5. The molecule has 2 aliphatic rings. The number of carbonyl (C=O) groups is 1. The number of hydrogen-bond donors (Lipinski definition) is 3. The van der Waals surface area contributed by atoms with Crippen molar-refractivity contribution in [1.29, 1.82) is 0 Å². The standard InChI is InChI=1S/C17H21BN4O4/c19-16(14-8-20-10-21-14)17(23)22-6-4-13(9-22)25-12-2-1-11-3-5-18(24)26-15(11)7-12/h1-2,7-8,10,13,16,24H,3-6,9,19H2,(H,20,21). The van der Waals surface area contributed by atoms with E-state index < -0.39 is 13.2 Å². The summed E-state index contributed by atoms with van der Waals surface area (Å²) in [5.41, 5.74) is 7.67. The van der Waals surface area contributed by atoms with Crippen molar-refractivity contribution in [2.24, 2.45) is 5.73 Å². The molecule has 0 spiro atoms. The van der Waals surface area contributed by atoms with Gasteiger partial charge in [0, 0.05) is 19.0 Å². The Morgan fingerprint density at radius 2 is 2.42 bits per heavy atom. The zero-order valence-electron chi connectivity index (χ0n) is 14.3. The average Bonchev–Trinajstić information content (AvgIpc) is 3.32. The lowest BCUT2D eigenvalue weighted by Gasteiger charge is -2.22. The van der Waals surface area contributed by atoms with Gasteiger partial charge >= 0.3 is 7.12 Å². The van der Waals surface area contributed by atoms with Gasteiger partial charge in [0.2, 0.25) is 5.91 Å². The highest BCUT2D eigenvalue weighted by Gasteiger charge is 2.32. The van der Waals surface area contributed by atoms with E-state index in [0.29, 0.717) is 36.6 Å². The van der Waals surface area contributed by atoms with Crippen molar-refractivity contribution in [2.75, 3.05) is 13.1 Å². The van der Waals surface area contributed by atoms with Gasteiger partial charge in [0.1, 0.15) is 23.6 Å². The first-order valence-corrected chi connectivity index (χ1v) is 8.77. The molecule has 0 bridgehead atoms. The molecule has 1 amide bonds. The number of aryl methyl sites for hydroxylation is 1. The lowest BCUT2D eigenvalue weighted by atomic mass is 9.79. The molecule has 1 aromatic carbocycles. The minimum atomic E-state index is -0.763. The van der Waals surface area contributed by atoms with Gasteiger partial charge in [-0.2, -0.15) is 0 Å². The van der Waals surface area contributed by atoms with E-state index in [4.69, 9.17) is 15.1 Å². The summed E-state index contributed by atoms with van der Waals surface area (Å²) < 4.78 is 11.5. The number of fused-ring (bicyclic) bond motifs is 1. The van der Waals surface area contributed by atoms with Crippen LogP contribution in [0, 0.1) is 0 Å². The molecule has 1 saturated heterocycles. The molecule has 2 aromatic rings. The first-order valence-electron chi connectivity index (χ1n) is 8.77. The van der Waals surface area contributed by atoms with Crippen molar-refractivity contribution in [3.8, 4) is 11.5 Å². The van der Waals surface area contributed by atoms with Gasteiger partial charge in [-0.1, -0.05) is 6.07 Å². The van der Waals surface area contributed by atoms with Crippen LogP contribution in [0.2, 0.25) is 6.32 Å². The number of rotatable bonds is 4. The predicted molar refractivity (Wildman–Crippen MR) is 94.7 cm³/mol. The molecule has 2 unspecified atom stereocenters. The van der Waals surface area contributed by atoms with Gasteiger partial charge < -0.3 is 30.0 Å². The van der Waals surface area contributed by atoms with Crippen molar-refractivity contribution in [3.05, 3.63) is 42.0 Å². The molecule has 1 aromatic heterocycles. The Hall–Kier alpha value is -2.52. The molecule has 4 rings (SSSR count). The second-order valence-electron chi connectivity index (χ2n) is 6.68. The number of nitrogens with one attached hydrogen (secondary N) is 1. The predicted octanol–water partition coefficient (Wildman–Crippen LogP) is 0.505. The maximum Gasteiger partial charge on any atom is 0.522 e. The minimum absolute atomic E-state index is 0.0977. The van der Waals surface area contributed by atoms with E-state index in [9.17, 15) is 9.82 Å². The number of amides is 1. The number of benzene rings is 1. The second-order valence-corrected chi connectivity index (χ2v) is 6.68.